The van der Waals surface area contributed by atoms with Gasteiger partial charge in [0.25, 0.3) is 0 Å². The smallest absolute Gasteiger partial charge is 0.399 e. The van der Waals surface area contributed by atoms with Crippen LogP contribution in [0.4, 0.5) is 5.69 Å². The third kappa shape index (κ3) is 1.98. The van der Waals surface area contributed by atoms with E-state index in [1.54, 1.807) is 0 Å². The molecule has 2 heterocycles. The van der Waals surface area contributed by atoms with E-state index in [0.29, 0.717) is 5.92 Å². The van der Waals surface area contributed by atoms with Crippen molar-refractivity contribution in [1.29, 1.82) is 0 Å². The molecule has 3 nitrogen and oxygen atoms in total. The van der Waals surface area contributed by atoms with Gasteiger partial charge in [0.2, 0.25) is 0 Å². The summed E-state index contributed by atoms with van der Waals surface area (Å²) < 4.78 is 12.3. The number of para-hydroxylation sites is 1. The molecule has 2 atom stereocenters. The van der Waals surface area contributed by atoms with Crippen LogP contribution in [0, 0.1) is 0 Å². The second-order valence-electron chi connectivity index (χ2n) is 7.40. The van der Waals surface area contributed by atoms with Crippen LogP contribution >= 0.6 is 0 Å². The van der Waals surface area contributed by atoms with Crippen molar-refractivity contribution < 1.29 is 9.31 Å². The van der Waals surface area contributed by atoms with Crippen LogP contribution in [0.25, 0.3) is 0 Å². The molecule has 3 aliphatic rings. The summed E-state index contributed by atoms with van der Waals surface area (Å²) in [4.78, 5) is 0. The van der Waals surface area contributed by atoms with E-state index >= 15 is 0 Å². The van der Waals surface area contributed by atoms with Gasteiger partial charge in [-0.1, -0.05) is 36.4 Å². The first kappa shape index (κ1) is 14.1. The van der Waals surface area contributed by atoms with Crippen LogP contribution in [0.3, 0.4) is 0 Å². The van der Waals surface area contributed by atoms with E-state index in [1.165, 1.54) is 11.3 Å². The van der Waals surface area contributed by atoms with E-state index in [4.69, 9.17) is 9.31 Å². The van der Waals surface area contributed by atoms with Gasteiger partial charge in [-0.2, -0.15) is 0 Å². The Kier molecular flexibility index (Phi) is 2.88. The number of nitrogens with one attached hydrogen (secondary N) is 1. The number of hydrogen-bond acceptors (Lipinski definition) is 3. The monoisotopic (exact) mass is 295 g/mol. The minimum atomic E-state index is -0.296. The lowest BCUT2D eigenvalue weighted by Crippen LogP contribution is -2.41. The van der Waals surface area contributed by atoms with Gasteiger partial charge in [0.05, 0.1) is 17.2 Å². The molecule has 1 aromatic carbocycles. The van der Waals surface area contributed by atoms with E-state index in [-0.39, 0.29) is 24.4 Å². The first-order valence-corrected chi connectivity index (χ1v) is 7.98. The van der Waals surface area contributed by atoms with Crippen molar-refractivity contribution >= 4 is 12.8 Å². The molecule has 114 valence electrons. The minimum Gasteiger partial charge on any atom is -0.399 e. The van der Waals surface area contributed by atoms with Gasteiger partial charge in [-0.3, -0.25) is 0 Å². The van der Waals surface area contributed by atoms with Gasteiger partial charge in [-0.15, -0.1) is 0 Å². The Hall–Kier alpha value is -1.52. The Morgan fingerprint density at radius 1 is 1.05 bits per heavy atom. The zero-order chi connectivity index (χ0) is 15.5. The summed E-state index contributed by atoms with van der Waals surface area (Å²) in [5, 5.41) is 3.59. The predicted molar refractivity (Wildman–Crippen MR) is 89.9 cm³/mol. The van der Waals surface area contributed by atoms with Crippen molar-refractivity contribution in [3.05, 3.63) is 53.5 Å². The van der Waals surface area contributed by atoms with Crippen molar-refractivity contribution in [3.8, 4) is 0 Å². The van der Waals surface area contributed by atoms with Gasteiger partial charge in [0.15, 0.2) is 0 Å². The van der Waals surface area contributed by atoms with Gasteiger partial charge < -0.3 is 14.6 Å². The molecule has 22 heavy (non-hydrogen) atoms. The maximum Gasteiger partial charge on any atom is 0.494 e. The second-order valence-corrected chi connectivity index (χ2v) is 7.40. The van der Waals surface area contributed by atoms with E-state index in [0.717, 1.165) is 5.47 Å². The molecule has 0 saturated carbocycles. The molecule has 0 spiro atoms. The summed E-state index contributed by atoms with van der Waals surface area (Å²) in [6.07, 6.45) is 6.68. The topological polar surface area (TPSA) is 30.5 Å². The third-order valence-electron chi connectivity index (χ3n) is 5.42. The van der Waals surface area contributed by atoms with Crippen LogP contribution in [-0.2, 0) is 9.31 Å². The number of benzene rings is 1. The second kappa shape index (κ2) is 4.50. The fraction of sp³-hybridized carbons (Fsp3) is 0.444. The predicted octanol–water partition coefficient (Wildman–Crippen LogP) is 3.69. The third-order valence-corrected chi connectivity index (χ3v) is 5.42. The van der Waals surface area contributed by atoms with Crippen molar-refractivity contribution in [3.63, 3.8) is 0 Å². The normalized spacial score (nSPS) is 30.5. The largest absolute Gasteiger partial charge is 0.494 e. The maximum absolute atomic E-state index is 6.16. The molecule has 0 unspecified atom stereocenters. The Bertz CT molecular complexity index is 661. The summed E-state index contributed by atoms with van der Waals surface area (Å²) in [7, 11) is -0.285. The number of anilines is 1. The molecular weight excluding hydrogens is 273 g/mol. The molecule has 4 rings (SSSR count). The number of hydrogen-bond donors (Lipinski definition) is 1. The summed E-state index contributed by atoms with van der Waals surface area (Å²) in [6.45, 7) is 8.36. The molecule has 1 N–H and O–H groups in total. The van der Waals surface area contributed by atoms with Crippen LogP contribution in [-0.4, -0.2) is 24.4 Å². The Morgan fingerprint density at radius 3 is 2.45 bits per heavy atom. The maximum atomic E-state index is 6.16. The average molecular weight is 295 g/mol. The van der Waals surface area contributed by atoms with Gasteiger partial charge in [0.1, 0.15) is 0 Å². The van der Waals surface area contributed by atoms with Crippen molar-refractivity contribution in [1.82, 2.24) is 0 Å². The molecule has 0 bridgehead atoms. The molecule has 1 aliphatic carbocycles. The number of fused-ring (bicyclic) bond motifs is 3. The summed E-state index contributed by atoms with van der Waals surface area (Å²) in [6, 6.07) is 8.81. The summed E-state index contributed by atoms with van der Waals surface area (Å²) in [5.74, 6) is 0.405. The van der Waals surface area contributed by atoms with Gasteiger partial charge in [-0.25, -0.2) is 0 Å². The molecule has 4 heteroatoms. The molecule has 1 fully saturated rings. The first-order chi connectivity index (χ1) is 10.4. The molecule has 1 aromatic rings. The van der Waals surface area contributed by atoms with Crippen LogP contribution in [0.5, 0.6) is 0 Å². The van der Waals surface area contributed by atoms with Crippen LogP contribution in [0.2, 0.25) is 0 Å². The highest BCUT2D eigenvalue weighted by atomic mass is 16.7. The first-order valence-electron chi connectivity index (χ1n) is 7.98. The van der Waals surface area contributed by atoms with Crippen LogP contribution in [0.1, 0.15) is 39.2 Å². The van der Waals surface area contributed by atoms with E-state index in [2.05, 4.69) is 75.5 Å². The summed E-state index contributed by atoms with van der Waals surface area (Å²) in [5.41, 5.74) is 3.12. The number of rotatable bonds is 1. The van der Waals surface area contributed by atoms with Crippen molar-refractivity contribution in [2.24, 2.45) is 0 Å². The fourth-order valence-electron chi connectivity index (χ4n) is 3.36. The SMILES string of the molecule is CC1(C)OB(C2=C[C@@H]3Nc4ccccc4[C@@H]3C=C2)OC1(C)C. The Labute approximate surface area is 132 Å². The lowest BCUT2D eigenvalue weighted by Gasteiger charge is -2.32. The molecule has 0 aromatic heterocycles. The molecule has 0 radical (unpaired) electrons. The molecule has 0 amide bonds. The lowest BCUT2D eigenvalue weighted by molar-refractivity contribution is 0.00578. The van der Waals surface area contributed by atoms with E-state index < -0.39 is 0 Å². The highest BCUT2D eigenvalue weighted by molar-refractivity contribution is 6.55. The highest BCUT2D eigenvalue weighted by Gasteiger charge is 2.52. The molecule has 1 saturated heterocycles. The molecule has 2 aliphatic heterocycles. The van der Waals surface area contributed by atoms with Gasteiger partial charge in [-0.05, 0) is 44.8 Å². The van der Waals surface area contributed by atoms with Crippen molar-refractivity contribution in [2.45, 2.75) is 50.9 Å². The van der Waals surface area contributed by atoms with Crippen molar-refractivity contribution in [2.75, 3.05) is 5.32 Å². The standard InChI is InChI=1S/C18H22BNO2/c1-17(2)18(3,4)22-19(21-17)12-9-10-14-13-7-5-6-8-15(13)20-16(14)11-12/h5-11,14,16,20H,1-4H3/t14-,16-/m0/s1. The minimum absolute atomic E-state index is 0.285. The number of allylic oxidation sites excluding steroid dienone is 2. The van der Waals surface area contributed by atoms with E-state index in [1.807, 2.05) is 0 Å². The van der Waals surface area contributed by atoms with Crippen LogP contribution < -0.4 is 5.32 Å². The zero-order valence-electron chi connectivity index (χ0n) is 13.6. The molecular formula is C18H22BNO2. The Morgan fingerprint density at radius 2 is 1.73 bits per heavy atom. The van der Waals surface area contributed by atoms with Gasteiger partial charge >= 0.3 is 7.12 Å². The zero-order valence-corrected chi connectivity index (χ0v) is 13.6. The lowest BCUT2D eigenvalue weighted by atomic mass is 9.73. The van der Waals surface area contributed by atoms with Crippen LogP contribution in [0.15, 0.2) is 48.0 Å². The van der Waals surface area contributed by atoms with Gasteiger partial charge in [0, 0.05) is 11.6 Å². The quantitative estimate of drug-likeness (QED) is 0.801. The summed E-state index contributed by atoms with van der Waals surface area (Å²) >= 11 is 0. The average Bonchev–Trinajstić information content (AvgIpc) is 2.93. The van der Waals surface area contributed by atoms with E-state index in [9.17, 15) is 0 Å². The fourth-order valence-corrected chi connectivity index (χ4v) is 3.36. The highest BCUT2D eigenvalue weighted by Crippen LogP contribution is 2.43. The Balaban J connectivity index is 1.60.